The van der Waals surface area contributed by atoms with Crippen LogP contribution in [0.1, 0.15) is 5.56 Å². The molecule has 0 aromatic carbocycles. The van der Waals surface area contributed by atoms with E-state index in [4.69, 9.17) is 0 Å². The first-order valence-electron chi connectivity index (χ1n) is 5.34. The Labute approximate surface area is 113 Å². The quantitative estimate of drug-likeness (QED) is 0.612. The lowest BCUT2D eigenvalue weighted by atomic mass is 10.2. The molecule has 1 aliphatic heterocycles. The van der Waals surface area contributed by atoms with Crippen LogP contribution in [0.2, 0.25) is 0 Å². The zero-order valence-electron chi connectivity index (χ0n) is 10.0. The minimum atomic E-state index is -0.632. The van der Waals surface area contributed by atoms with Crippen LogP contribution >= 0.6 is 11.8 Å². The van der Waals surface area contributed by atoms with E-state index in [1.165, 1.54) is 7.11 Å². The lowest BCUT2D eigenvalue weighted by Gasteiger charge is -2.09. The van der Waals surface area contributed by atoms with Gasteiger partial charge in [-0.05, 0) is 35.5 Å². The lowest BCUT2D eigenvalue weighted by Crippen LogP contribution is -2.34. The predicted molar refractivity (Wildman–Crippen MR) is 68.9 cm³/mol. The maximum absolute atomic E-state index is 12.0. The van der Waals surface area contributed by atoms with Gasteiger partial charge < -0.3 is 4.74 Å². The normalized spacial score (nSPS) is 17.1. The van der Waals surface area contributed by atoms with E-state index < -0.39 is 17.1 Å². The summed E-state index contributed by atoms with van der Waals surface area (Å²) in [5.74, 6) is -1.12. The highest BCUT2D eigenvalue weighted by molar-refractivity contribution is 8.18. The number of esters is 1. The SMILES string of the molecule is COC(=O)CN1C(=O)S/C(=C/c2ccncc2)C1=O. The standard InChI is InChI=1S/C12H10N2O4S/c1-18-10(15)7-14-11(16)9(19-12(14)17)6-8-2-4-13-5-3-8/h2-6H,7H2,1H3/b9-6+. The molecule has 0 bridgehead atoms. The highest BCUT2D eigenvalue weighted by Crippen LogP contribution is 2.31. The molecule has 1 fully saturated rings. The maximum Gasteiger partial charge on any atom is 0.325 e. The molecule has 2 amide bonds. The fourth-order valence-corrected chi connectivity index (χ4v) is 2.28. The number of rotatable bonds is 3. The Kier molecular flexibility index (Phi) is 3.96. The maximum atomic E-state index is 12.0. The smallest absolute Gasteiger partial charge is 0.325 e. The van der Waals surface area contributed by atoms with Gasteiger partial charge in [0.15, 0.2) is 0 Å². The lowest BCUT2D eigenvalue weighted by molar-refractivity contribution is -0.143. The number of methoxy groups -OCH3 is 1. The van der Waals surface area contributed by atoms with Crippen LogP contribution in [0, 0.1) is 0 Å². The van der Waals surface area contributed by atoms with E-state index in [0.29, 0.717) is 0 Å². The molecule has 1 saturated heterocycles. The van der Waals surface area contributed by atoms with Crippen LogP contribution < -0.4 is 0 Å². The third kappa shape index (κ3) is 3.00. The molecule has 1 aromatic rings. The summed E-state index contributed by atoms with van der Waals surface area (Å²) in [5, 5.41) is -0.476. The van der Waals surface area contributed by atoms with Crippen molar-refractivity contribution in [2.24, 2.45) is 0 Å². The zero-order valence-corrected chi connectivity index (χ0v) is 10.8. The summed E-state index contributed by atoms with van der Waals surface area (Å²) in [6, 6.07) is 3.43. The minimum absolute atomic E-state index is 0.278. The number of carbonyl (C=O) groups is 3. The molecule has 2 rings (SSSR count). The second kappa shape index (κ2) is 5.66. The molecule has 1 aliphatic rings. The summed E-state index contributed by atoms with van der Waals surface area (Å²) in [5.41, 5.74) is 0.763. The van der Waals surface area contributed by atoms with Gasteiger partial charge in [0.25, 0.3) is 11.1 Å². The average molecular weight is 278 g/mol. The number of hydrogen-bond acceptors (Lipinski definition) is 6. The Bertz CT molecular complexity index is 556. The van der Waals surface area contributed by atoms with E-state index in [9.17, 15) is 14.4 Å². The summed E-state index contributed by atoms with van der Waals surface area (Å²) < 4.78 is 4.44. The fourth-order valence-electron chi connectivity index (χ4n) is 1.44. The van der Waals surface area contributed by atoms with Crippen LogP contribution in [-0.2, 0) is 14.3 Å². The van der Waals surface area contributed by atoms with Crippen LogP contribution in [-0.4, -0.2) is 40.7 Å². The highest BCUT2D eigenvalue weighted by atomic mass is 32.2. The van der Waals surface area contributed by atoms with Gasteiger partial charge in [-0.25, -0.2) is 0 Å². The van der Waals surface area contributed by atoms with Crippen molar-refractivity contribution < 1.29 is 19.1 Å². The van der Waals surface area contributed by atoms with Crippen molar-refractivity contribution >= 4 is 35.0 Å². The minimum Gasteiger partial charge on any atom is -0.468 e. The Balaban J connectivity index is 2.18. The first-order chi connectivity index (χ1) is 9.11. The van der Waals surface area contributed by atoms with Crippen LogP contribution in [0.3, 0.4) is 0 Å². The second-order valence-corrected chi connectivity index (χ2v) is 4.62. The fraction of sp³-hybridized carbons (Fsp3) is 0.167. The van der Waals surface area contributed by atoms with Gasteiger partial charge in [-0.15, -0.1) is 0 Å². The van der Waals surface area contributed by atoms with Gasteiger partial charge in [0.2, 0.25) is 0 Å². The third-order valence-corrected chi connectivity index (χ3v) is 3.30. The molecule has 1 aromatic heterocycles. The van der Waals surface area contributed by atoms with Crippen molar-refractivity contribution in [1.29, 1.82) is 0 Å². The summed E-state index contributed by atoms with van der Waals surface area (Å²) in [6.45, 7) is -0.366. The van der Waals surface area contributed by atoms with Gasteiger partial charge in [-0.2, -0.15) is 0 Å². The van der Waals surface area contributed by atoms with Gasteiger partial charge in [0.1, 0.15) is 6.54 Å². The molecule has 98 valence electrons. The number of aromatic nitrogens is 1. The number of thioether (sulfide) groups is 1. The van der Waals surface area contributed by atoms with E-state index in [0.717, 1.165) is 22.2 Å². The van der Waals surface area contributed by atoms with E-state index >= 15 is 0 Å². The van der Waals surface area contributed by atoms with E-state index in [1.54, 1.807) is 30.6 Å². The number of ether oxygens (including phenoxy) is 1. The molecule has 0 radical (unpaired) electrons. The van der Waals surface area contributed by atoms with Gasteiger partial charge in [0, 0.05) is 12.4 Å². The number of carbonyl (C=O) groups excluding carboxylic acids is 3. The molecule has 7 heteroatoms. The molecule has 0 unspecified atom stereocenters. The summed E-state index contributed by atoms with van der Waals surface area (Å²) >= 11 is 0.799. The Hall–Kier alpha value is -2.15. The van der Waals surface area contributed by atoms with Gasteiger partial charge in [-0.1, -0.05) is 0 Å². The molecule has 2 heterocycles. The van der Waals surface area contributed by atoms with E-state index in [1.807, 2.05) is 0 Å². The van der Waals surface area contributed by atoms with Crippen LogP contribution in [0.25, 0.3) is 6.08 Å². The van der Waals surface area contributed by atoms with Gasteiger partial charge >= 0.3 is 5.97 Å². The number of amides is 2. The van der Waals surface area contributed by atoms with E-state index in [2.05, 4.69) is 9.72 Å². The van der Waals surface area contributed by atoms with Crippen molar-refractivity contribution in [2.75, 3.05) is 13.7 Å². The molecule has 6 nitrogen and oxygen atoms in total. The molecule has 0 aliphatic carbocycles. The summed E-state index contributed by atoms with van der Waals surface area (Å²) in [6.07, 6.45) is 4.76. The molecule has 0 N–H and O–H groups in total. The van der Waals surface area contributed by atoms with E-state index in [-0.39, 0.29) is 11.4 Å². The Morgan fingerprint density at radius 3 is 2.74 bits per heavy atom. The first kappa shape index (κ1) is 13.3. The first-order valence-corrected chi connectivity index (χ1v) is 6.15. The van der Waals surface area contributed by atoms with Crippen molar-refractivity contribution in [3.05, 3.63) is 35.0 Å². The van der Waals surface area contributed by atoms with Crippen molar-refractivity contribution in [2.45, 2.75) is 0 Å². The van der Waals surface area contributed by atoms with Gasteiger partial charge in [-0.3, -0.25) is 24.3 Å². The third-order valence-electron chi connectivity index (χ3n) is 2.39. The number of nitrogens with zero attached hydrogens (tertiary/aromatic N) is 2. The number of pyridine rings is 1. The van der Waals surface area contributed by atoms with Crippen LogP contribution in [0.4, 0.5) is 4.79 Å². The van der Waals surface area contributed by atoms with Crippen molar-refractivity contribution in [3.8, 4) is 0 Å². The average Bonchev–Trinajstić information content (AvgIpc) is 2.67. The topological polar surface area (TPSA) is 76.6 Å². The molecular formula is C12H10N2O4S. The second-order valence-electron chi connectivity index (χ2n) is 3.62. The predicted octanol–water partition coefficient (Wildman–Crippen LogP) is 1.29. The van der Waals surface area contributed by atoms with Gasteiger partial charge in [0.05, 0.1) is 12.0 Å². The summed E-state index contributed by atoms with van der Waals surface area (Å²) in [4.78, 5) is 39.7. The molecule has 19 heavy (non-hydrogen) atoms. The van der Waals surface area contributed by atoms with Crippen LogP contribution in [0.15, 0.2) is 29.4 Å². The monoisotopic (exact) mass is 278 g/mol. The number of hydrogen-bond donors (Lipinski definition) is 0. The molecule has 0 spiro atoms. The Morgan fingerprint density at radius 2 is 2.11 bits per heavy atom. The number of imide groups is 1. The van der Waals surface area contributed by atoms with Crippen molar-refractivity contribution in [1.82, 2.24) is 9.88 Å². The Morgan fingerprint density at radius 1 is 1.42 bits per heavy atom. The van der Waals surface area contributed by atoms with Crippen molar-refractivity contribution in [3.63, 3.8) is 0 Å². The highest BCUT2D eigenvalue weighted by Gasteiger charge is 2.36. The molecular weight excluding hydrogens is 268 g/mol. The largest absolute Gasteiger partial charge is 0.468 e. The zero-order chi connectivity index (χ0) is 13.8. The molecule has 0 saturated carbocycles. The van der Waals surface area contributed by atoms with Crippen LogP contribution in [0.5, 0.6) is 0 Å². The summed E-state index contributed by atoms with van der Waals surface area (Å²) in [7, 11) is 1.20. The molecule has 0 atom stereocenters.